The Kier molecular flexibility index (Phi) is 4.91. The summed E-state index contributed by atoms with van der Waals surface area (Å²) in [5, 5.41) is 7.66. The van der Waals surface area contributed by atoms with Crippen molar-refractivity contribution in [1.82, 2.24) is 10.2 Å². The molecule has 2 heterocycles. The van der Waals surface area contributed by atoms with Gasteiger partial charge in [0.05, 0.1) is 0 Å². The Morgan fingerprint density at radius 3 is 2.46 bits per heavy atom. The lowest BCUT2D eigenvalue weighted by atomic mass is 9.82. The van der Waals surface area contributed by atoms with Crippen molar-refractivity contribution in [2.24, 2.45) is 5.92 Å². The fourth-order valence-electron chi connectivity index (χ4n) is 4.55. The second-order valence-corrected chi connectivity index (χ2v) is 8.73. The van der Waals surface area contributed by atoms with E-state index in [9.17, 15) is 4.79 Å². The van der Waals surface area contributed by atoms with Crippen LogP contribution in [-0.2, 0) is 4.79 Å². The average molecular weight is 372 g/mol. The summed E-state index contributed by atoms with van der Waals surface area (Å²) in [5.74, 6) is 0.567. The van der Waals surface area contributed by atoms with Crippen molar-refractivity contribution in [1.29, 1.82) is 0 Å². The van der Waals surface area contributed by atoms with Gasteiger partial charge in [-0.1, -0.05) is 12.1 Å². The molecule has 3 fully saturated rings. The summed E-state index contributed by atoms with van der Waals surface area (Å²) in [6.45, 7) is 4.22. The standard InChI is InChI=1S/C21H29N3OS/c1-13-6-7-14(2)19(10-13)23-21(26)24-17-4-3-5-18(24)12-16(11-17)22-20(25)15-8-9-15/h6-7,10,15-18H,3-5,8-9,11-12H2,1-2H3,(H,22,25)(H,23,26)/t16?,17-,18+. The van der Waals surface area contributed by atoms with Gasteiger partial charge in [-0.3, -0.25) is 4.79 Å². The van der Waals surface area contributed by atoms with Crippen LogP contribution in [0.2, 0.25) is 0 Å². The number of rotatable bonds is 3. The summed E-state index contributed by atoms with van der Waals surface area (Å²) in [6.07, 6.45) is 7.78. The molecule has 4 rings (SSSR count). The average Bonchev–Trinajstić information content (AvgIpc) is 3.42. The second kappa shape index (κ2) is 7.18. The Bertz CT molecular complexity index is 701. The number of benzene rings is 1. The summed E-state index contributed by atoms with van der Waals surface area (Å²) < 4.78 is 0. The van der Waals surface area contributed by atoms with Gasteiger partial charge in [0.1, 0.15) is 0 Å². The van der Waals surface area contributed by atoms with Gasteiger partial charge in [0.25, 0.3) is 0 Å². The Balaban J connectivity index is 1.44. The van der Waals surface area contributed by atoms with Gasteiger partial charge < -0.3 is 15.5 Å². The molecule has 3 atom stereocenters. The predicted molar refractivity (Wildman–Crippen MR) is 109 cm³/mol. The summed E-state index contributed by atoms with van der Waals surface area (Å²) >= 11 is 5.82. The highest BCUT2D eigenvalue weighted by Crippen LogP contribution is 2.36. The molecule has 2 saturated heterocycles. The Morgan fingerprint density at radius 1 is 1.12 bits per heavy atom. The van der Waals surface area contributed by atoms with Crippen molar-refractivity contribution in [2.45, 2.75) is 76.9 Å². The van der Waals surface area contributed by atoms with E-state index >= 15 is 0 Å². The van der Waals surface area contributed by atoms with Gasteiger partial charge in [0, 0.05) is 29.7 Å². The fraction of sp³-hybridized carbons (Fsp3) is 0.619. The number of hydrogen-bond donors (Lipinski definition) is 2. The van der Waals surface area contributed by atoms with E-state index in [1.165, 1.54) is 30.4 Å². The summed E-state index contributed by atoms with van der Waals surface area (Å²) in [6, 6.07) is 7.64. The quantitative estimate of drug-likeness (QED) is 0.791. The molecule has 0 aromatic heterocycles. The molecule has 1 aromatic rings. The number of piperidine rings is 2. The van der Waals surface area contributed by atoms with Gasteiger partial charge in [-0.2, -0.15) is 0 Å². The lowest BCUT2D eigenvalue weighted by molar-refractivity contribution is -0.123. The molecule has 2 N–H and O–H groups in total. The van der Waals surface area contributed by atoms with Crippen molar-refractivity contribution >= 4 is 28.9 Å². The molecule has 0 radical (unpaired) electrons. The minimum atomic E-state index is 0.276. The number of nitrogens with zero attached hydrogens (tertiary/aromatic N) is 1. The number of thiocarbonyl (C=S) groups is 1. The van der Waals surface area contributed by atoms with Crippen LogP contribution in [0.3, 0.4) is 0 Å². The Hall–Kier alpha value is -1.62. The van der Waals surface area contributed by atoms with Gasteiger partial charge in [0.15, 0.2) is 5.11 Å². The first-order chi connectivity index (χ1) is 12.5. The van der Waals surface area contributed by atoms with Crippen LogP contribution in [0.25, 0.3) is 0 Å². The number of fused-ring (bicyclic) bond motifs is 2. The molecule has 2 bridgehead atoms. The second-order valence-electron chi connectivity index (χ2n) is 8.35. The number of amides is 1. The lowest BCUT2D eigenvalue weighted by Crippen LogP contribution is -2.59. The van der Waals surface area contributed by atoms with E-state index in [0.717, 1.165) is 36.5 Å². The van der Waals surface area contributed by atoms with Crippen LogP contribution < -0.4 is 10.6 Å². The van der Waals surface area contributed by atoms with E-state index in [0.29, 0.717) is 24.0 Å². The van der Waals surface area contributed by atoms with Crippen molar-refractivity contribution in [3.05, 3.63) is 29.3 Å². The van der Waals surface area contributed by atoms with E-state index in [-0.39, 0.29) is 5.91 Å². The summed E-state index contributed by atoms with van der Waals surface area (Å²) in [7, 11) is 0. The van der Waals surface area contributed by atoms with Crippen molar-refractivity contribution in [3.8, 4) is 0 Å². The molecule has 1 unspecified atom stereocenters. The number of nitrogens with one attached hydrogen (secondary N) is 2. The number of hydrogen-bond acceptors (Lipinski definition) is 2. The fourth-order valence-corrected chi connectivity index (χ4v) is 4.95. The minimum Gasteiger partial charge on any atom is -0.353 e. The highest BCUT2D eigenvalue weighted by Gasteiger charge is 2.41. The zero-order valence-corrected chi connectivity index (χ0v) is 16.6. The zero-order valence-electron chi connectivity index (χ0n) is 15.8. The molecular formula is C21H29N3OS. The molecule has 1 aliphatic carbocycles. The smallest absolute Gasteiger partial charge is 0.223 e. The number of carbonyl (C=O) groups excluding carboxylic acids is 1. The van der Waals surface area contributed by atoms with Crippen molar-refractivity contribution < 1.29 is 4.79 Å². The monoisotopic (exact) mass is 371 g/mol. The van der Waals surface area contributed by atoms with Gasteiger partial charge in [-0.25, -0.2) is 0 Å². The SMILES string of the molecule is Cc1ccc(C)c(NC(=S)N2[C@@H]3CCC[C@H]2CC(NC(=O)C2CC2)C3)c1. The summed E-state index contributed by atoms with van der Waals surface area (Å²) in [4.78, 5) is 14.6. The normalized spacial score (nSPS) is 27.8. The van der Waals surface area contributed by atoms with Crippen molar-refractivity contribution in [3.63, 3.8) is 0 Å². The topological polar surface area (TPSA) is 44.4 Å². The maximum atomic E-state index is 12.2. The van der Waals surface area contributed by atoms with Gasteiger partial charge in [-0.15, -0.1) is 0 Å². The molecule has 0 spiro atoms. The molecule has 2 aliphatic heterocycles. The predicted octanol–water partition coefficient (Wildman–Crippen LogP) is 3.91. The van der Waals surface area contributed by atoms with Crippen LogP contribution in [0.4, 0.5) is 5.69 Å². The van der Waals surface area contributed by atoms with Crippen LogP contribution in [-0.4, -0.2) is 34.0 Å². The third kappa shape index (κ3) is 3.73. The van der Waals surface area contributed by atoms with Gasteiger partial charge in [-0.05, 0) is 88.2 Å². The summed E-state index contributed by atoms with van der Waals surface area (Å²) in [5.41, 5.74) is 3.56. The Morgan fingerprint density at radius 2 is 1.81 bits per heavy atom. The van der Waals surface area contributed by atoms with Crippen LogP contribution in [0.15, 0.2) is 18.2 Å². The first-order valence-corrected chi connectivity index (χ1v) is 10.4. The maximum Gasteiger partial charge on any atom is 0.223 e. The van der Waals surface area contributed by atoms with Crippen LogP contribution in [0.5, 0.6) is 0 Å². The minimum absolute atomic E-state index is 0.276. The highest BCUT2D eigenvalue weighted by atomic mass is 32.1. The van der Waals surface area contributed by atoms with E-state index in [4.69, 9.17) is 12.2 Å². The molecule has 4 nitrogen and oxygen atoms in total. The van der Waals surface area contributed by atoms with E-state index in [1.807, 2.05) is 0 Å². The maximum absolute atomic E-state index is 12.2. The largest absolute Gasteiger partial charge is 0.353 e. The van der Waals surface area contributed by atoms with E-state index in [2.05, 4.69) is 47.6 Å². The molecular weight excluding hydrogens is 342 g/mol. The molecule has 140 valence electrons. The number of aryl methyl sites for hydroxylation is 2. The molecule has 26 heavy (non-hydrogen) atoms. The van der Waals surface area contributed by atoms with Crippen LogP contribution >= 0.6 is 12.2 Å². The molecule has 1 amide bonds. The highest BCUT2D eigenvalue weighted by molar-refractivity contribution is 7.80. The van der Waals surface area contributed by atoms with E-state index in [1.54, 1.807) is 0 Å². The van der Waals surface area contributed by atoms with Crippen molar-refractivity contribution in [2.75, 3.05) is 5.32 Å². The van der Waals surface area contributed by atoms with Crippen LogP contribution in [0, 0.1) is 19.8 Å². The first-order valence-electron chi connectivity index (χ1n) is 9.98. The molecule has 3 aliphatic rings. The zero-order chi connectivity index (χ0) is 18.3. The molecule has 5 heteroatoms. The third-order valence-corrected chi connectivity index (χ3v) is 6.45. The molecule has 1 aromatic carbocycles. The number of anilines is 1. The van der Waals surface area contributed by atoms with Gasteiger partial charge in [0.2, 0.25) is 5.91 Å². The third-order valence-electron chi connectivity index (χ3n) is 6.14. The van der Waals surface area contributed by atoms with Crippen LogP contribution in [0.1, 0.15) is 56.1 Å². The number of carbonyl (C=O) groups is 1. The van der Waals surface area contributed by atoms with E-state index < -0.39 is 0 Å². The lowest BCUT2D eigenvalue weighted by Gasteiger charge is -2.50. The molecule has 1 saturated carbocycles. The first kappa shape index (κ1) is 17.8. The Labute approximate surface area is 161 Å². The van der Waals surface area contributed by atoms with Gasteiger partial charge >= 0.3 is 0 Å².